The third-order valence-electron chi connectivity index (χ3n) is 16.6. The van der Waals surface area contributed by atoms with Crippen molar-refractivity contribution in [1.82, 2.24) is 0 Å². The predicted octanol–water partition coefficient (Wildman–Crippen LogP) is 14.5. The van der Waals surface area contributed by atoms with Crippen molar-refractivity contribution in [3.63, 3.8) is 0 Å². The van der Waals surface area contributed by atoms with Crippen molar-refractivity contribution in [3.8, 4) is 0 Å². The molecule has 2 heteroatoms. The Hall–Kier alpha value is -0.180. The van der Waals surface area contributed by atoms with E-state index >= 15 is 0 Å². The van der Waals surface area contributed by atoms with Gasteiger partial charge in [0, 0.05) is 0 Å². The van der Waals surface area contributed by atoms with Crippen LogP contribution in [0, 0.1) is 0 Å². The van der Waals surface area contributed by atoms with Crippen LogP contribution in [-0.2, 0) is 4.90 Å². The van der Waals surface area contributed by atoms with Gasteiger partial charge in [0.1, 0.15) is 0 Å². The second kappa shape index (κ2) is 16.4. The Labute approximate surface area is 293 Å². The molecule has 0 spiro atoms. The van der Waals surface area contributed by atoms with Gasteiger partial charge in [-0.1, -0.05) is 0 Å². The predicted molar refractivity (Wildman–Crippen MR) is 216 cm³/mol. The Morgan fingerprint density at radius 3 is 0.830 bits per heavy atom. The van der Waals surface area contributed by atoms with Gasteiger partial charge in [0.25, 0.3) is 0 Å². The minimum absolute atomic E-state index is 0.347. The van der Waals surface area contributed by atoms with E-state index in [1.165, 1.54) is 116 Å². The van der Waals surface area contributed by atoms with Crippen molar-refractivity contribution in [1.29, 1.82) is 0 Å². The molecule has 1 aromatic carbocycles. The number of benzene rings is 1. The van der Waals surface area contributed by atoms with E-state index in [-0.39, 0.29) is 0 Å². The quantitative estimate of drug-likeness (QED) is 0.171. The number of hydrogen-bond donors (Lipinski definition) is 0. The van der Waals surface area contributed by atoms with Crippen LogP contribution in [0.5, 0.6) is 0 Å². The fourth-order valence-electron chi connectivity index (χ4n) is 15.5. The van der Waals surface area contributed by atoms with E-state index in [0.717, 1.165) is 34.0 Å². The molecule has 266 valence electrons. The summed E-state index contributed by atoms with van der Waals surface area (Å²) in [5, 5.41) is 0. The van der Waals surface area contributed by atoms with Crippen LogP contribution in [0.1, 0.15) is 198 Å². The average molecular weight is 679 g/mol. The average Bonchev–Trinajstić information content (AvgIpc) is 3.17. The second-order valence-electron chi connectivity index (χ2n) is 18.3. The first-order chi connectivity index (χ1) is 23.3. The summed E-state index contributed by atoms with van der Waals surface area (Å²) in [6.07, 6.45) is 49.5. The summed E-state index contributed by atoms with van der Waals surface area (Å²) in [6.45, 7) is 5.38. The summed E-state index contributed by atoms with van der Waals surface area (Å²) in [7, 11) is -4.11. The van der Waals surface area contributed by atoms with E-state index in [1.807, 2.05) is 5.56 Å². The van der Waals surface area contributed by atoms with Gasteiger partial charge < -0.3 is 0 Å². The Bertz CT molecular complexity index is 919. The van der Waals surface area contributed by atoms with Crippen LogP contribution >= 0.6 is 14.5 Å². The molecule has 0 saturated heterocycles. The Morgan fingerprint density at radius 2 is 0.617 bits per heavy atom. The topological polar surface area (TPSA) is 0 Å². The van der Waals surface area contributed by atoms with E-state index in [2.05, 4.69) is 36.4 Å². The monoisotopic (exact) mass is 679 g/mol. The summed E-state index contributed by atoms with van der Waals surface area (Å²) < 4.78 is 0. The zero-order valence-corrected chi connectivity index (χ0v) is 32.8. The van der Waals surface area contributed by atoms with Gasteiger partial charge in [-0.2, -0.15) is 0 Å². The van der Waals surface area contributed by atoms with Crippen molar-refractivity contribution in [2.24, 2.45) is 0 Å². The number of rotatable bonds is 10. The first-order valence-corrected chi connectivity index (χ1v) is 26.5. The fourth-order valence-corrected chi connectivity index (χ4v) is 40.2. The van der Waals surface area contributed by atoms with Crippen LogP contribution in [0.4, 0.5) is 0 Å². The number of allylic oxidation sites excluding steroid dienone is 1. The molecule has 6 fully saturated rings. The molecule has 0 aliphatic heterocycles. The van der Waals surface area contributed by atoms with E-state index in [9.17, 15) is 0 Å². The summed E-state index contributed by atoms with van der Waals surface area (Å²) in [5.74, 6) is 0. The molecule has 0 N–H and O–H groups in total. The molecular formula is C45H76P2. The summed E-state index contributed by atoms with van der Waals surface area (Å²) >= 11 is 0. The summed E-state index contributed by atoms with van der Waals surface area (Å²) in [5.41, 5.74) is 8.15. The van der Waals surface area contributed by atoms with Crippen LogP contribution in [0.2, 0.25) is 0 Å². The molecule has 0 amide bonds. The molecule has 0 bridgehead atoms. The van der Waals surface area contributed by atoms with E-state index in [4.69, 9.17) is 6.58 Å². The SMILES string of the molecule is C=CC(c1ccccc1)([PH](C1CCCCC1)(C1CCCCC1)C1CCCCC1)[PH](C1CCCCC1)(C1CCCCC1)C1CCCCC1. The molecule has 47 heavy (non-hydrogen) atoms. The van der Waals surface area contributed by atoms with E-state index in [1.54, 1.807) is 77.0 Å². The van der Waals surface area contributed by atoms with Crippen molar-refractivity contribution in [3.05, 3.63) is 48.6 Å². The van der Waals surface area contributed by atoms with E-state index < -0.39 is 14.5 Å². The zero-order valence-electron chi connectivity index (χ0n) is 30.8. The van der Waals surface area contributed by atoms with Crippen LogP contribution in [0.15, 0.2) is 43.0 Å². The molecule has 0 aromatic heterocycles. The molecule has 6 aliphatic carbocycles. The molecule has 0 nitrogen and oxygen atoms in total. The van der Waals surface area contributed by atoms with Gasteiger partial charge in [0.05, 0.1) is 0 Å². The molecule has 7 rings (SSSR count). The molecule has 0 heterocycles. The zero-order chi connectivity index (χ0) is 32.0. The van der Waals surface area contributed by atoms with Gasteiger partial charge in [-0.3, -0.25) is 0 Å². The molecule has 0 radical (unpaired) electrons. The van der Waals surface area contributed by atoms with Crippen LogP contribution in [0.3, 0.4) is 0 Å². The third-order valence-corrected chi connectivity index (χ3v) is 34.5. The second-order valence-corrected chi connectivity index (χ2v) is 29.0. The molecule has 0 unspecified atom stereocenters. The Morgan fingerprint density at radius 1 is 0.383 bits per heavy atom. The van der Waals surface area contributed by atoms with Gasteiger partial charge in [-0.05, 0) is 0 Å². The van der Waals surface area contributed by atoms with Gasteiger partial charge in [0.15, 0.2) is 0 Å². The summed E-state index contributed by atoms with van der Waals surface area (Å²) in [6, 6.07) is 13.0. The first-order valence-electron chi connectivity index (χ1n) is 22.0. The molecule has 6 aliphatic rings. The van der Waals surface area contributed by atoms with Crippen LogP contribution in [-0.4, -0.2) is 34.0 Å². The van der Waals surface area contributed by atoms with Crippen LogP contribution in [0.25, 0.3) is 0 Å². The maximum absolute atomic E-state index is 5.38. The normalized spacial score (nSPS) is 28.4. The van der Waals surface area contributed by atoms with Gasteiger partial charge in [-0.25, -0.2) is 0 Å². The molecular weight excluding hydrogens is 602 g/mol. The molecule has 0 atom stereocenters. The van der Waals surface area contributed by atoms with Crippen LogP contribution < -0.4 is 0 Å². The maximum atomic E-state index is 5.38. The standard InChI is InChI=1S/C45H76P2/c1-2-45(38-24-10-3-11-25-38,46(39-26-12-4-13-27-39,40-28-14-5-15-29-40)41-30-16-6-17-31-41)47(42-32-18-7-19-33-42,43-34-20-8-21-35-43)44-36-22-9-23-37-44/h2-3,10-11,24-25,39-44,46-47H,1,4-9,12-23,26-37H2. The van der Waals surface area contributed by atoms with Crippen molar-refractivity contribution >= 4 is 14.5 Å². The van der Waals surface area contributed by atoms with Crippen molar-refractivity contribution < 1.29 is 0 Å². The van der Waals surface area contributed by atoms with Gasteiger partial charge in [-0.15, -0.1) is 0 Å². The van der Waals surface area contributed by atoms with Gasteiger partial charge >= 0.3 is 295 Å². The Kier molecular flexibility index (Phi) is 12.3. The summed E-state index contributed by atoms with van der Waals surface area (Å²) in [4.78, 5) is 0.347. The third kappa shape index (κ3) is 6.23. The molecule has 6 saturated carbocycles. The van der Waals surface area contributed by atoms with Crippen molar-refractivity contribution in [2.75, 3.05) is 0 Å². The number of hydrogen-bond acceptors (Lipinski definition) is 0. The van der Waals surface area contributed by atoms with Gasteiger partial charge in [0.2, 0.25) is 0 Å². The fraction of sp³-hybridized carbons (Fsp3) is 0.822. The first kappa shape index (κ1) is 35.2. The van der Waals surface area contributed by atoms with Crippen molar-refractivity contribution in [2.45, 2.75) is 231 Å². The molecule has 1 aromatic rings. The Balaban J connectivity index is 1.61. The van der Waals surface area contributed by atoms with E-state index in [0.29, 0.717) is 4.90 Å². The minimum atomic E-state index is -2.06.